The van der Waals surface area contributed by atoms with Gasteiger partial charge in [-0.05, 0) is 43.9 Å². The number of carbonyl (C=O) groups excluding carboxylic acids is 1. The minimum absolute atomic E-state index is 0.312. The number of amides is 1. The highest BCUT2D eigenvalue weighted by atomic mass is 79.9. The van der Waals surface area contributed by atoms with Crippen LogP contribution in [0.15, 0.2) is 22.7 Å². The number of halogens is 1. The van der Waals surface area contributed by atoms with Gasteiger partial charge >= 0.3 is 0 Å². The van der Waals surface area contributed by atoms with Crippen LogP contribution in [-0.2, 0) is 4.74 Å². The smallest absolute Gasteiger partial charge is 0.250 e. The summed E-state index contributed by atoms with van der Waals surface area (Å²) in [5.41, 5.74) is 12.5. The summed E-state index contributed by atoms with van der Waals surface area (Å²) in [7, 11) is 0. The van der Waals surface area contributed by atoms with Gasteiger partial charge in [-0.25, -0.2) is 0 Å². The first-order valence-corrected chi connectivity index (χ1v) is 8.06. The molecule has 1 aromatic rings. The van der Waals surface area contributed by atoms with Crippen molar-refractivity contribution in [2.24, 2.45) is 11.5 Å². The predicted molar refractivity (Wildman–Crippen MR) is 87.3 cm³/mol. The number of nitrogens with one attached hydrogen (secondary N) is 1. The summed E-state index contributed by atoms with van der Waals surface area (Å²) in [6.07, 6.45) is 4.46. The standard InChI is InChI=1S/C15H22BrN3O2/c16-10-1-6-14(13(9-10)15(18)20)19-7-8-21-12-4-2-11(17)3-5-12/h1,6,9,11-12,19H,2-5,7-8,17H2,(H2,18,20). The van der Waals surface area contributed by atoms with Gasteiger partial charge in [0.1, 0.15) is 0 Å². The SMILES string of the molecule is NC(=O)c1cc(Br)ccc1NCCOC1CCC(N)CC1. The molecule has 0 unspecified atom stereocenters. The maximum Gasteiger partial charge on any atom is 0.250 e. The summed E-state index contributed by atoms with van der Waals surface area (Å²) in [4.78, 5) is 11.4. The topological polar surface area (TPSA) is 90.4 Å². The summed E-state index contributed by atoms with van der Waals surface area (Å²) in [5, 5.41) is 3.20. The van der Waals surface area contributed by atoms with Gasteiger partial charge in [-0.3, -0.25) is 4.79 Å². The Morgan fingerprint density at radius 3 is 2.71 bits per heavy atom. The highest BCUT2D eigenvalue weighted by Crippen LogP contribution is 2.21. The van der Waals surface area contributed by atoms with Gasteiger partial charge in [0.05, 0.1) is 18.3 Å². The molecule has 1 amide bonds. The van der Waals surface area contributed by atoms with Crippen LogP contribution in [0.5, 0.6) is 0 Å². The van der Waals surface area contributed by atoms with E-state index >= 15 is 0 Å². The second-order valence-electron chi connectivity index (χ2n) is 5.39. The third-order valence-electron chi connectivity index (χ3n) is 3.74. The lowest BCUT2D eigenvalue weighted by Gasteiger charge is -2.26. The van der Waals surface area contributed by atoms with Crippen molar-refractivity contribution in [1.29, 1.82) is 0 Å². The molecule has 6 heteroatoms. The van der Waals surface area contributed by atoms with E-state index in [-0.39, 0.29) is 0 Å². The average molecular weight is 356 g/mol. The van der Waals surface area contributed by atoms with Crippen molar-refractivity contribution in [3.8, 4) is 0 Å². The Kier molecular flexibility index (Phi) is 6.02. The molecule has 21 heavy (non-hydrogen) atoms. The Balaban J connectivity index is 1.77. The fourth-order valence-corrected chi connectivity index (χ4v) is 2.90. The second kappa shape index (κ2) is 7.77. The minimum Gasteiger partial charge on any atom is -0.382 e. The van der Waals surface area contributed by atoms with Crippen LogP contribution in [0.4, 0.5) is 5.69 Å². The Morgan fingerprint density at radius 2 is 2.05 bits per heavy atom. The van der Waals surface area contributed by atoms with Crippen molar-refractivity contribution in [1.82, 2.24) is 0 Å². The highest BCUT2D eigenvalue weighted by molar-refractivity contribution is 9.10. The number of primary amides is 1. The van der Waals surface area contributed by atoms with Crippen molar-refractivity contribution in [2.45, 2.75) is 37.8 Å². The number of rotatable bonds is 6. The summed E-state index contributed by atoms with van der Waals surface area (Å²) in [6, 6.07) is 5.76. The zero-order valence-electron chi connectivity index (χ0n) is 12.0. The minimum atomic E-state index is -0.444. The van der Waals surface area contributed by atoms with Gasteiger partial charge in [-0.1, -0.05) is 15.9 Å². The highest BCUT2D eigenvalue weighted by Gasteiger charge is 2.18. The van der Waals surface area contributed by atoms with E-state index in [9.17, 15) is 4.79 Å². The molecule has 1 aromatic carbocycles. The fourth-order valence-electron chi connectivity index (χ4n) is 2.54. The molecule has 1 aliphatic rings. The van der Waals surface area contributed by atoms with E-state index in [1.807, 2.05) is 12.1 Å². The fraction of sp³-hybridized carbons (Fsp3) is 0.533. The molecule has 0 spiro atoms. The maximum absolute atomic E-state index is 11.4. The first-order valence-electron chi connectivity index (χ1n) is 7.26. The molecule has 2 rings (SSSR count). The van der Waals surface area contributed by atoms with Crippen LogP contribution in [0.25, 0.3) is 0 Å². The number of ether oxygens (including phenoxy) is 1. The number of nitrogens with two attached hydrogens (primary N) is 2. The monoisotopic (exact) mass is 355 g/mol. The molecule has 5 nitrogen and oxygen atoms in total. The lowest BCUT2D eigenvalue weighted by atomic mass is 9.94. The van der Waals surface area contributed by atoms with Crippen LogP contribution in [0, 0.1) is 0 Å². The molecule has 0 aliphatic heterocycles. The lowest BCUT2D eigenvalue weighted by molar-refractivity contribution is 0.0313. The van der Waals surface area contributed by atoms with Crippen LogP contribution in [0.2, 0.25) is 0 Å². The van der Waals surface area contributed by atoms with Crippen molar-refractivity contribution in [3.63, 3.8) is 0 Å². The molecule has 0 radical (unpaired) electrons. The van der Waals surface area contributed by atoms with Crippen molar-refractivity contribution >= 4 is 27.5 Å². The molecule has 5 N–H and O–H groups in total. The van der Waals surface area contributed by atoms with Crippen LogP contribution in [0.3, 0.4) is 0 Å². The van der Waals surface area contributed by atoms with E-state index < -0.39 is 5.91 Å². The molecule has 0 bridgehead atoms. The number of hydrogen-bond donors (Lipinski definition) is 3. The maximum atomic E-state index is 11.4. The normalized spacial score (nSPS) is 22.0. The van der Waals surface area contributed by atoms with E-state index in [2.05, 4.69) is 21.2 Å². The molecule has 1 aliphatic carbocycles. The van der Waals surface area contributed by atoms with Crippen LogP contribution >= 0.6 is 15.9 Å². The predicted octanol–water partition coefficient (Wildman–Crippen LogP) is 2.25. The molecule has 0 saturated heterocycles. The van der Waals surface area contributed by atoms with Gasteiger partial charge in [0.2, 0.25) is 0 Å². The third kappa shape index (κ3) is 4.98. The van der Waals surface area contributed by atoms with Gasteiger partial charge < -0.3 is 21.5 Å². The van der Waals surface area contributed by atoms with Crippen molar-refractivity contribution < 1.29 is 9.53 Å². The van der Waals surface area contributed by atoms with E-state index in [4.69, 9.17) is 16.2 Å². The molecule has 0 aromatic heterocycles. The second-order valence-corrected chi connectivity index (χ2v) is 6.30. The largest absolute Gasteiger partial charge is 0.382 e. The van der Waals surface area contributed by atoms with E-state index in [1.54, 1.807) is 6.07 Å². The number of carbonyl (C=O) groups is 1. The zero-order chi connectivity index (χ0) is 15.2. The average Bonchev–Trinajstić information content (AvgIpc) is 2.46. The number of benzene rings is 1. The molecule has 0 heterocycles. The van der Waals surface area contributed by atoms with Crippen molar-refractivity contribution in [3.05, 3.63) is 28.2 Å². The van der Waals surface area contributed by atoms with Crippen LogP contribution < -0.4 is 16.8 Å². The quantitative estimate of drug-likeness (QED) is 0.682. The number of anilines is 1. The molecular formula is C15H22BrN3O2. The summed E-state index contributed by atoms with van der Waals surface area (Å²) < 4.78 is 6.66. The molecule has 1 fully saturated rings. The summed E-state index contributed by atoms with van der Waals surface area (Å²) >= 11 is 3.33. The summed E-state index contributed by atoms with van der Waals surface area (Å²) in [6.45, 7) is 1.25. The van der Waals surface area contributed by atoms with Gasteiger partial charge in [-0.15, -0.1) is 0 Å². The first kappa shape index (κ1) is 16.3. The first-order chi connectivity index (χ1) is 10.1. The van der Waals surface area contributed by atoms with Crippen LogP contribution in [-0.4, -0.2) is 31.2 Å². The van der Waals surface area contributed by atoms with Gasteiger partial charge in [0, 0.05) is 22.7 Å². The lowest BCUT2D eigenvalue weighted by Crippen LogP contribution is -2.31. The molecule has 116 valence electrons. The Labute approximate surface area is 133 Å². The van der Waals surface area contributed by atoms with Gasteiger partial charge in [0.15, 0.2) is 0 Å². The Hall–Kier alpha value is -1.11. The van der Waals surface area contributed by atoms with E-state index in [0.717, 1.165) is 35.8 Å². The van der Waals surface area contributed by atoms with Gasteiger partial charge in [0.25, 0.3) is 5.91 Å². The Bertz CT molecular complexity index is 488. The zero-order valence-corrected chi connectivity index (χ0v) is 13.6. The number of hydrogen-bond acceptors (Lipinski definition) is 4. The third-order valence-corrected chi connectivity index (χ3v) is 4.23. The van der Waals surface area contributed by atoms with E-state index in [0.29, 0.717) is 30.9 Å². The van der Waals surface area contributed by atoms with Gasteiger partial charge in [-0.2, -0.15) is 0 Å². The van der Waals surface area contributed by atoms with Crippen LogP contribution in [0.1, 0.15) is 36.0 Å². The Morgan fingerprint density at radius 1 is 1.33 bits per heavy atom. The molecular weight excluding hydrogens is 334 g/mol. The molecule has 0 atom stereocenters. The molecule has 1 saturated carbocycles. The van der Waals surface area contributed by atoms with E-state index in [1.165, 1.54) is 0 Å². The summed E-state index contributed by atoms with van der Waals surface area (Å²) in [5.74, 6) is -0.444. The van der Waals surface area contributed by atoms with Crippen molar-refractivity contribution in [2.75, 3.05) is 18.5 Å².